The van der Waals surface area contributed by atoms with Gasteiger partial charge in [0.1, 0.15) is 6.10 Å². The van der Waals surface area contributed by atoms with Crippen LogP contribution in [0, 0.1) is 5.92 Å². The summed E-state index contributed by atoms with van der Waals surface area (Å²) in [7, 11) is 3.84. The molecule has 0 unspecified atom stereocenters. The number of carbonyl (C=O) groups excluding carboxylic acids is 1. The third-order valence-corrected chi connectivity index (χ3v) is 4.00. The van der Waals surface area contributed by atoms with Crippen molar-refractivity contribution in [1.82, 2.24) is 14.9 Å². The van der Waals surface area contributed by atoms with Crippen molar-refractivity contribution in [3.05, 3.63) is 12.4 Å². The van der Waals surface area contributed by atoms with Crippen molar-refractivity contribution in [2.24, 2.45) is 5.92 Å². The number of likely N-dealkylation sites (tertiary alicyclic amines) is 1. The molecule has 1 aromatic rings. The molecule has 6 nitrogen and oxygen atoms in total. The third-order valence-electron chi connectivity index (χ3n) is 4.00. The van der Waals surface area contributed by atoms with Gasteiger partial charge in [0, 0.05) is 33.5 Å². The molecule has 2 aliphatic rings. The molecule has 0 radical (unpaired) electrons. The smallest absolute Gasteiger partial charge is 0.234 e. The predicted molar refractivity (Wildman–Crippen MR) is 79.3 cm³/mol. The van der Waals surface area contributed by atoms with Crippen molar-refractivity contribution in [2.45, 2.75) is 31.8 Å². The van der Waals surface area contributed by atoms with Gasteiger partial charge in [-0.25, -0.2) is 0 Å². The van der Waals surface area contributed by atoms with Crippen molar-refractivity contribution in [2.75, 3.05) is 32.1 Å². The summed E-state index contributed by atoms with van der Waals surface area (Å²) in [5, 5.41) is 0. The second-order valence-electron chi connectivity index (χ2n) is 6.13. The van der Waals surface area contributed by atoms with E-state index in [9.17, 15) is 4.79 Å². The van der Waals surface area contributed by atoms with E-state index in [0.29, 0.717) is 24.8 Å². The first-order valence-electron chi connectivity index (χ1n) is 7.55. The highest BCUT2D eigenvalue weighted by atomic mass is 16.5. The fourth-order valence-corrected chi connectivity index (χ4v) is 2.53. The summed E-state index contributed by atoms with van der Waals surface area (Å²) in [5.74, 6) is 2.21. The molecule has 1 saturated heterocycles. The molecule has 1 aromatic heterocycles. The Morgan fingerprint density at radius 3 is 2.90 bits per heavy atom. The molecule has 0 bridgehead atoms. The number of carbonyl (C=O) groups is 1. The van der Waals surface area contributed by atoms with Gasteiger partial charge < -0.3 is 14.5 Å². The van der Waals surface area contributed by atoms with Crippen molar-refractivity contribution < 1.29 is 9.53 Å². The second kappa shape index (κ2) is 5.87. The number of anilines is 1. The molecule has 2 fully saturated rings. The summed E-state index contributed by atoms with van der Waals surface area (Å²) in [6.45, 7) is 1.45. The van der Waals surface area contributed by atoms with Gasteiger partial charge in [-0.05, 0) is 18.8 Å². The molecule has 114 valence electrons. The number of nitrogens with zero attached hydrogens (tertiary/aromatic N) is 4. The molecule has 0 aromatic carbocycles. The summed E-state index contributed by atoms with van der Waals surface area (Å²) in [6, 6.07) is 0. The molecule has 0 spiro atoms. The van der Waals surface area contributed by atoms with Gasteiger partial charge in [-0.2, -0.15) is 4.98 Å². The highest BCUT2D eigenvalue weighted by Gasteiger charge is 2.32. The minimum Gasteiger partial charge on any atom is -0.471 e. The van der Waals surface area contributed by atoms with Gasteiger partial charge in [0.25, 0.3) is 0 Å². The molecule has 21 heavy (non-hydrogen) atoms. The van der Waals surface area contributed by atoms with E-state index in [-0.39, 0.29) is 12.0 Å². The number of hydrogen-bond donors (Lipinski definition) is 0. The van der Waals surface area contributed by atoms with Crippen LogP contribution in [0.4, 0.5) is 5.82 Å². The van der Waals surface area contributed by atoms with Crippen molar-refractivity contribution in [3.8, 4) is 5.88 Å². The lowest BCUT2D eigenvalue weighted by molar-refractivity contribution is -0.130. The van der Waals surface area contributed by atoms with Crippen LogP contribution in [0.15, 0.2) is 12.4 Å². The maximum Gasteiger partial charge on any atom is 0.234 e. The SMILES string of the molecule is CN(C)c1cncc(O[C@H]2CCN(C(=O)CC3CC3)C2)n1. The Kier molecular flexibility index (Phi) is 3.94. The van der Waals surface area contributed by atoms with E-state index < -0.39 is 0 Å². The van der Waals surface area contributed by atoms with Crippen molar-refractivity contribution in [1.29, 1.82) is 0 Å². The van der Waals surface area contributed by atoms with Gasteiger partial charge >= 0.3 is 0 Å². The minimum absolute atomic E-state index is 0.0277. The Morgan fingerprint density at radius 2 is 2.19 bits per heavy atom. The van der Waals surface area contributed by atoms with E-state index in [2.05, 4.69) is 9.97 Å². The van der Waals surface area contributed by atoms with Gasteiger partial charge in [-0.15, -0.1) is 0 Å². The van der Waals surface area contributed by atoms with Gasteiger partial charge in [-0.3, -0.25) is 9.78 Å². The van der Waals surface area contributed by atoms with Gasteiger partial charge in [0.15, 0.2) is 5.82 Å². The Balaban J connectivity index is 1.54. The summed E-state index contributed by atoms with van der Waals surface area (Å²) < 4.78 is 5.87. The van der Waals surface area contributed by atoms with Gasteiger partial charge in [-0.1, -0.05) is 0 Å². The highest BCUT2D eigenvalue weighted by Crippen LogP contribution is 2.33. The Bertz CT molecular complexity index is 516. The molecule has 3 rings (SSSR count). The second-order valence-corrected chi connectivity index (χ2v) is 6.13. The summed E-state index contributed by atoms with van der Waals surface area (Å²) >= 11 is 0. The van der Waals surface area contributed by atoms with Gasteiger partial charge in [0.05, 0.1) is 18.9 Å². The molecule has 1 aliphatic heterocycles. The normalized spacial score (nSPS) is 21.4. The molecule has 6 heteroatoms. The molecule has 1 atom stereocenters. The van der Waals surface area contributed by atoms with Crippen molar-refractivity contribution in [3.63, 3.8) is 0 Å². The van der Waals surface area contributed by atoms with E-state index in [1.54, 1.807) is 12.4 Å². The van der Waals surface area contributed by atoms with E-state index >= 15 is 0 Å². The van der Waals surface area contributed by atoms with E-state index in [1.165, 1.54) is 12.8 Å². The molecular weight excluding hydrogens is 268 g/mol. The van der Waals surface area contributed by atoms with Crippen LogP contribution in [0.1, 0.15) is 25.7 Å². The average Bonchev–Trinajstić information content (AvgIpc) is 3.15. The Morgan fingerprint density at radius 1 is 1.38 bits per heavy atom. The molecule has 0 N–H and O–H groups in total. The first-order valence-corrected chi connectivity index (χ1v) is 7.55. The fraction of sp³-hybridized carbons (Fsp3) is 0.667. The molecular formula is C15H22N4O2. The fourth-order valence-electron chi connectivity index (χ4n) is 2.53. The monoisotopic (exact) mass is 290 g/mol. The number of aromatic nitrogens is 2. The van der Waals surface area contributed by atoms with Crippen LogP contribution >= 0.6 is 0 Å². The first kappa shape index (κ1) is 14.1. The zero-order valence-electron chi connectivity index (χ0n) is 12.7. The molecule has 1 aliphatic carbocycles. The first-order chi connectivity index (χ1) is 10.1. The van der Waals surface area contributed by atoms with Crippen LogP contribution in [-0.2, 0) is 4.79 Å². The lowest BCUT2D eigenvalue weighted by Crippen LogP contribution is -2.31. The number of hydrogen-bond acceptors (Lipinski definition) is 5. The topological polar surface area (TPSA) is 58.6 Å². The predicted octanol–water partition coefficient (Wildman–Crippen LogP) is 1.32. The zero-order chi connectivity index (χ0) is 14.8. The maximum atomic E-state index is 12.1. The Hall–Kier alpha value is -1.85. The van der Waals surface area contributed by atoms with Crippen LogP contribution in [0.25, 0.3) is 0 Å². The van der Waals surface area contributed by atoms with Gasteiger partial charge in [0.2, 0.25) is 11.8 Å². The van der Waals surface area contributed by atoms with E-state index in [1.807, 2.05) is 23.9 Å². The van der Waals surface area contributed by atoms with E-state index in [4.69, 9.17) is 4.74 Å². The summed E-state index contributed by atoms with van der Waals surface area (Å²) in [5.41, 5.74) is 0. The summed E-state index contributed by atoms with van der Waals surface area (Å²) in [4.78, 5) is 24.4. The molecule has 1 saturated carbocycles. The molecule has 1 amide bonds. The molecule has 2 heterocycles. The zero-order valence-corrected chi connectivity index (χ0v) is 12.7. The van der Waals surface area contributed by atoms with Crippen LogP contribution in [0.3, 0.4) is 0 Å². The minimum atomic E-state index is 0.0277. The average molecular weight is 290 g/mol. The number of amides is 1. The largest absolute Gasteiger partial charge is 0.471 e. The standard InChI is InChI=1S/C15H22N4O2/c1-18(2)13-8-16-9-14(17-13)21-12-5-6-19(10-12)15(20)7-11-3-4-11/h8-9,11-12H,3-7,10H2,1-2H3/t12-/m0/s1. The quantitative estimate of drug-likeness (QED) is 0.818. The van der Waals surface area contributed by atoms with E-state index in [0.717, 1.165) is 18.8 Å². The van der Waals surface area contributed by atoms with Crippen LogP contribution in [0.2, 0.25) is 0 Å². The Labute approximate surface area is 125 Å². The maximum absolute atomic E-state index is 12.1. The lowest BCUT2D eigenvalue weighted by atomic mass is 10.2. The highest BCUT2D eigenvalue weighted by molar-refractivity contribution is 5.77. The number of ether oxygens (including phenoxy) is 1. The number of rotatable bonds is 5. The lowest BCUT2D eigenvalue weighted by Gasteiger charge is -2.17. The van der Waals surface area contributed by atoms with Crippen LogP contribution in [-0.4, -0.2) is 54.1 Å². The van der Waals surface area contributed by atoms with Crippen LogP contribution in [0.5, 0.6) is 5.88 Å². The summed E-state index contributed by atoms with van der Waals surface area (Å²) in [6.07, 6.45) is 7.36. The third kappa shape index (κ3) is 3.62. The van der Waals surface area contributed by atoms with Crippen LogP contribution < -0.4 is 9.64 Å². The van der Waals surface area contributed by atoms with Crippen molar-refractivity contribution >= 4 is 11.7 Å².